The number of thiophene rings is 1. The summed E-state index contributed by atoms with van der Waals surface area (Å²) in [5.41, 5.74) is 0.912. The van der Waals surface area contributed by atoms with Crippen molar-refractivity contribution in [3.8, 4) is 17.1 Å². The molecule has 21 heavy (non-hydrogen) atoms. The Morgan fingerprint density at radius 1 is 1.19 bits per heavy atom. The molecular weight excluding hydrogens is 282 g/mol. The van der Waals surface area contributed by atoms with Crippen molar-refractivity contribution in [2.24, 2.45) is 0 Å². The van der Waals surface area contributed by atoms with Crippen molar-refractivity contribution in [1.29, 1.82) is 0 Å². The summed E-state index contributed by atoms with van der Waals surface area (Å²) in [6, 6.07) is 9.89. The first kappa shape index (κ1) is 13.8. The predicted octanol–water partition coefficient (Wildman–Crippen LogP) is 4.19. The van der Waals surface area contributed by atoms with E-state index in [1.165, 1.54) is 0 Å². The van der Waals surface area contributed by atoms with Crippen LogP contribution >= 0.6 is 11.3 Å². The number of rotatable bonds is 5. The van der Waals surface area contributed by atoms with Gasteiger partial charge in [-0.25, -0.2) is 9.97 Å². The van der Waals surface area contributed by atoms with Crippen molar-refractivity contribution in [2.75, 3.05) is 19.0 Å². The minimum Gasteiger partial charge on any atom is -0.496 e. The van der Waals surface area contributed by atoms with Gasteiger partial charge in [0.25, 0.3) is 0 Å². The Morgan fingerprint density at radius 2 is 2.05 bits per heavy atom. The quantitative estimate of drug-likeness (QED) is 0.767. The first-order valence-corrected chi connectivity index (χ1v) is 7.84. The molecule has 3 rings (SSSR count). The number of benzene rings is 1. The van der Waals surface area contributed by atoms with E-state index in [1.807, 2.05) is 29.6 Å². The highest BCUT2D eigenvalue weighted by atomic mass is 32.1. The third-order valence-electron chi connectivity index (χ3n) is 3.22. The van der Waals surface area contributed by atoms with Gasteiger partial charge in [-0.1, -0.05) is 19.1 Å². The van der Waals surface area contributed by atoms with Gasteiger partial charge in [0.05, 0.1) is 18.1 Å². The molecule has 1 N–H and O–H groups in total. The van der Waals surface area contributed by atoms with Crippen LogP contribution in [-0.2, 0) is 0 Å². The lowest BCUT2D eigenvalue weighted by atomic mass is 10.2. The number of hydrogen-bond donors (Lipinski definition) is 1. The molecular formula is C16H17N3OS. The number of anilines is 1. The molecule has 0 bridgehead atoms. The average Bonchev–Trinajstić information content (AvgIpc) is 3.01. The van der Waals surface area contributed by atoms with Crippen molar-refractivity contribution >= 4 is 27.4 Å². The van der Waals surface area contributed by atoms with Gasteiger partial charge in [0.2, 0.25) is 0 Å². The van der Waals surface area contributed by atoms with E-state index >= 15 is 0 Å². The lowest BCUT2D eigenvalue weighted by Gasteiger charge is -2.10. The van der Waals surface area contributed by atoms with Gasteiger partial charge in [-0.15, -0.1) is 11.3 Å². The van der Waals surface area contributed by atoms with E-state index in [0.717, 1.165) is 40.3 Å². The van der Waals surface area contributed by atoms with Crippen LogP contribution in [0, 0.1) is 0 Å². The van der Waals surface area contributed by atoms with Crippen LogP contribution in [-0.4, -0.2) is 23.6 Å². The largest absolute Gasteiger partial charge is 0.496 e. The smallest absolute Gasteiger partial charge is 0.166 e. The predicted molar refractivity (Wildman–Crippen MR) is 88.2 cm³/mol. The second kappa shape index (κ2) is 6.10. The summed E-state index contributed by atoms with van der Waals surface area (Å²) < 4.78 is 5.42. The first-order valence-electron chi connectivity index (χ1n) is 6.96. The maximum atomic E-state index is 5.42. The van der Waals surface area contributed by atoms with Crippen LogP contribution in [0.5, 0.6) is 5.75 Å². The number of methoxy groups -OCH3 is 1. The molecule has 2 aromatic heterocycles. The molecule has 1 aromatic carbocycles. The van der Waals surface area contributed by atoms with Crippen LogP contribution in [0.2, 0.25) is 0 Å². The number of para-hydroxylation sites is 1. The maximum absolute atomic E-state index is 5.42. The zero-order valence-corrected chi connectivity index (χ0v) is 12.9. The fraction of sp³-hybridized carbons (Fsp3) is 0.250. The van der Waals surface area contributed by atoms with Gasteiger partial charge in [-0.05, 0) is 30.0 Å². The Kier molecular flexibility index (Phi) is 4.01. The number of nitrogens with zero attached hydrogens (tertiary/aromatic N) is 2. The molecule has 3 aromatic rings. The molecule has 0 aliphatic carbocycles. The third-order valence-corrected chi connectivity index (χ3v) is 4.02. The SMILES string of the molecule is CCCNc1nc(-c2ccccc2OC)nc2sccc12. The summed E-state index contributed by atoms with van der Waals surface area (Å²) in [6.07, 6.45) is 1.06. The van der Waals surface area contributed by atoms with Crippen LogP contribution in [0.15, 0.2) is 35.7 Å². The fourth-order valence-corrected chi connectivity index (χ4v) is 2.95. The molecule has 0 aliphatic rings. The second-order valence-electron chi connectivity index (χ2n) is 4.66. The standard InChI is InChI=1S/C16H17N3OS/c1-3-9-17-14-12-8-10-21-16(12)19-15(18-14)11-6-4-5-7-13(11)20-2/h4-8,10H,3,9H2,1-2H3,(H,17,18,19). The molecule has 0 aliphatic heterocycles. The fourth-order valence-electron chi connectivity index (χ4n) is 2.18. The molecule has 2 heterocycles. The highest BCUT2D eigenvalue weighted by molar-refractivity contribution is 7.16. The van der Waals surface area contributed by atoms with Crippen molar-refractivity contribution in [3.05, 3.63) is 35.7 Å². The van der Waals surface area contributed by atoms with Gasteiger partial charge < -0.3 is 10.1 Å². The van der Waals surface area contributed by atoms with Gasteiger partial charge >= 0.3 is 0 Å². The normalized spacial score (nSPS) is 10.8. The summed E-state index contributed by atoms with van der Waals surface area (Å²) in [7, 11) is 1.67. The van der Waals surface area contributed by atoms with Crippen LogP contribution < -0.4 is 10.1 Å². The van der Waals surface area contributed by atoms with Crippen LogP contribution in [0.25, 0.3) is 21.6 Å². The van der Waals surface area contributed by atoms with E-state index in [0.29, 0.717) is 5.82 Å². The van der Waals surface area contributed by atoms with E-state index in [1.54, 1.807) is 18.4 Å². The zero-order valence-electron chi connectivity index (χ0n) is 12.1. The number of nitrogens with one attached hydrogen (secondary N) is 1. The average molecular weight is 299 g/mol. The number of aromatic nitrogens is 2. The van der Waals surface area contributed by atoms with E-state index < -0.39 is 0 Å². The lowest BCUT2D eigenvalue weighted by Crippen LogP contribution is -2.04. The van der Waals surface area contributed by atoms with Crippen molar-refractivity contribution in [2.45, 2.75) is 13.3 Å². The minimum absolute atomic E-state index is 0.695. The molecule has 0 spiro atoms. The summed E-state index contributed by atoms with van der Waals surface area (Å²) in [5, 5.41) is 6.51. The lowest BCUT2D eigenvalue weighted by molar-refractivity contribution is 0.416. The Hall–Kier alpha value is -2.14. The van der Waals surface area contributed by atoms with Gasteiger partial charge in [0.15, 0.2) is 5.82 Å². The van der Waals surface area contributed by atoms with E-state index in [2.05, 4.69) is 23.3 Å². The summed E-state index contributed by atoms with van der Waals surface area (Å²) >= 11 is 1.63. The number of fused-ring (bicyclic) bond motifs is 1. The Balaban J connectivity index is 2.14. The molecule has 0 fully saturated rings. The summed E-state index contributed by atoms with van der Waals surface area (Å²) in [6.45, 7) is 3.04. The number of ether oxygens (including phenoxy) is 1. The molecule has 4 nitrogen and oxygen atoms in total. The first-order chi connectivity index (χ1) is 10.3. The Labute approximate surface area is 127 Å². The molecule has 0 saturated carbocycles. The Bertz CT molecular complexity index is 754. The van der Waals surface area contributed by atoms with Gasteiger partial charge in [-0.2, -0.15) is 0 Å². The second-order valence-corrected chi connectivity index (χ2v) is 5.56. The monoisotopic (exact) mass is 299 g/mol. The summed E-state index contributed by atoms with van der Waals surface area (Å²) in [5.74, 6) is 2.37. The molecule has 5 heteroatoms. The molecule has 0 radical (unpaired) electrons. The van der Waals surface area contributed by atoms with Crippen LogP contribution in [0.1, 0.15) is 13.3 Å². The number of hydrogen-bond acceptors (Lipinski definition) is 5. The van der Waals surface area contributed by atoms with E-state index in [-0.39, 0.29) is 0 Å². The van der Waals surface area contributed by atoms with Gasteiger partial charge in [0, 0.05) is 6.54 Å². The van der Waals surface area contributed by atoms with Crippen LogP contribution in [0.3, 0.4) is 0 Å². The molecule has 0 atom stereocenters. The maximum Gasteiger partial charge on any atom is 0.166 e. The van der Waals surface area contributed by atoms with Crippen molar-refractivity contribution in [1.82, 2.24) is 9.97 Å². The van der Waals surface area contributed by atoms with E-state index in [4.69, 9.17) is 9.72 Å². The van der Waals surface area contributed by atoms with Crippen molar-refractivity contribution < 1.29 is 4.74 Å². The molecule has 0 unspecified atom stereocenters. The van der Waals surface area contributed by atoms with Crippen molar-refractivity contribution in [3.63, 3.8) is 0 Å². The highest BCUT2D eigenvalue weighted by Gasteiger charge is 2.13. The van der Waals surface area contributed by atoms with Crippen LogP contribution in [0.4, 0.5) is 5.82 Å². The molecule has 0 saturated heterocycles. The third kappa shape index (κ3) is 2.69. The topological polar surface area (TPSA) is 47.0 Å². The van der Waals surface area contributed by atoms with Gasteiger partial charge in [0.1, 0.15) is 16.4 Å². The Morgan fingerprint density at radius 3 is 2.86 bits per heavy atom. The van der Waals surface area contributed by atoms with E-state index in [9.17, 15) is 0 Å². The molecule has 108 valence electrons. The summed E-state index contributed by atoms with van der Waals surface area (Å²) in [4.78, 5) is 10.4. The molecule has 0 amide bonds. The highest BCUT2D eigenvalue weighted by Crippen LogP contribution is 2.32. The van der Waals surface area contributed by atoms with Gasteiger partial charge in [-0.3, -0.25) is 0 Å². The zero-order chi connectivity index (χ0) is 14.7. The minimum atomic E-state index is 0.695.